The molecule has 0 bridgehead atoms. The molecule has 0 aliphatic carbocycles. The number of hydrogen-bond donors (Lipinski definition) is 3. The Hall–Kier alpha value is -1.24. The summed E-state index contributed by atoms with van der Waals surface area (Å²) in [6.45, 7) is 3.86. The van der Waals surface area contributed by atoms with Gasteiger partial charge in [-0.2, -0.15) is 0 Å². The first-order valence-electron chi connectivity index (χ1n) is 5.18. The van der Waals surface area contributed by atoms with Gasteiger partial charge < -0.3 is 15.5 Å². The Bertz CT molecular complexity index is 292. The second kappa shape index (κ2) is 7.94. The monoisotopic (exact) mass is 263 g/mol. The quantitative estimate of drug-likeness (QED) is 0.591. The maximum atomic E-state index is 11.4. The molecule has 0 aromatic heterocycles. The van der Waals surface area contributed by atoms with Gasteiger partial charge in [0.1, 0.15) is 6.04 Å². The zero-order chi connectivity index (χ0) is 13.4. The minimum absolute atomic E-state index is 0.108. The van der Waals surface area contributed by atoms with Crippen molar-refractivity contribution in [3.8, 4) is 0 Å². The standard InChI is InChI=1S/C10H17NO5S/c1-6(2)17-5-8(12)11-7(10(15)16)3-4-9(13)14/h6-7H,3-5H2,1-2H3,(H,11,12)(H,13,14)(H,15,16)/t7-/m0/s1. The molecule has 6 nitrogen and oxygen atoms in total. The van der Waals surface area contributed by atoms with E-state index >= 15 is 0 Å². The number of nitrogens with one attached hydrogen (secondary N) is 1. The van der Waals surface area contributed by atoms with Crippen molar-refractivity contribution in [2.75, 3.05) is 5.75 Å². The largest absolute Gasteiger partial charge is 0.481 e. The van der Waals surface area contributed by atoms with Crippen molar-refractivity contribution in [3.63, 3.8) is 0 Å². The highest BCUT2D eigenvalue weighted by Crippen LogP contribution is 2.08. The van der Waals surface area contributed by atoms with Crippen LogP contribution in [0, 0.1) is 0 Å². The molecule has 7 heteroatoms. The summed E-state index contributed by atoms with van der Waals surface area (Å²) in [5.41, 5.74) is 0. The van der Waals surface area contributed by atoms with E-state index in [0.717, 1.165) is 0 Å². The van der Waals surface area contributed by atoms with E-state index in [1.54, 1.807) is 0 Å². The predicted molar refractivity (Wildman–Crippen MR) is 64.0 cm³/mol. The molecule has 0 radical (unpaired) electrons. The molecule has 0 saturated carbocycles. The number of carbonyl (C=O) groups is 3. The van der Waals surface area contributed by atoms with Crippen LogP contribution in [0.4, 0.5) is 0 Å². The molecule has 0 aromatic carbocycles. The van der Waals surface area contributed by atoms with Crippen LogP contribution in [0.2, 0.25) is 0 Å². The van der Waals surface area contributed by atoms with Crippen LogP contribution in [0.5, 0.6) is 0 Å². The number of hydrogen-bond acceptors (Lipinski definition) is 4. The minimum atomic E-state index is -1.21. The smallest absolute Gasteiger partial charge is 0.326 e. The first-order chi connectivity index (χ1) is 7.82. The SMILES string of the molecule is CC(C)SCC(=O)N[C@@H](CCC(=O)O)C(=O)O. The number of thioether (sulfide) groups is 1. The van der Waals surface area contributed by atoms with Gasteiger partial charge in [0.05, 0.1) is 5.75 Å². The van der Waals surface area contributed by atoms with Crippen molar-refractivity contribution >= 4 is 29.6 Å². The van der Waals surface area contributed by atoms with E-state index < -0.39 is 18.0 Å². The topological polar surface area (TPSA) is 104 Å². The third-order valence-electron chi connectivity index (χ3n) is 1.83. The van der Waals surface area contributed by atoms with Crippen LogP contribution in [0.25, 0.3) is 0 Å². The lowest BCUT2D eigenvalue weighted by molar-refractivity contribution is -0.142. The number of aliphatic carboxylic acids is 2. The molecule has 0 saturated heterocycles. The van der Waals surface area contributed by atoms with E-state index in [0.29, 0.717) is 0 Å². The molecule has 0 unspecified atom stereocenters. The summed E-state index contributed by atoms with van der Waals surface area (Å²) >= 11 is 1.40. The molecule has 0 rings (SSSR count). The fourth-order valence-electron chi connectivity index (χ4n) is 1.00. The van der Waals surface area contributed by atoms with Crippen molar-refractivity contribution in [3.05, 3.63) is 0 Å². The van der Waals surface area contributed by atoms with Crippen LogP contribution in [0.15, 0.2) is 0 Å². The van der Waals surface area contributed by atoms with Gasteiger partial charge in [-0.25, -0.2) is 4.79 Å². The Kier molecular flexibility index (Phi) is 7.36. The summed E-state index contributed by atoms with van der Waals surface area (Å²) in [6.07, 6.45) is -0.392. The minimum Gasteiger partial charge on any atom is -0.481 e. The second-order valence-electron chi connectivity index (χ2n) is 3.75. The Labute approximate surface area is 104 Å². The molecule has 0 fully saturated rings. The van der Waals surface area contributed by atoms with Crippen molar-refractivity contribution in [2.24, 2.45) is 0 Å². The van der Waals surface area contributed by atoms with Crippen LogP contribution in [0.3, 0.4) is 0 Å². The maximum Gasteiger partial charge on any atom is 0.326 e. The van der Waals surface area contributed by atoms with E-state index in [4.69, 9.17) is 10.2 Å². The van der Waals surface area contributed by atoms with Gasteiger partial charge in [-0.3, -0.25) is 9.59 Å². The summed E-state index contributed by atoms with van der Waals surface area (Å²) < 4.78 is 0. The molecule has 0 aliphatic heterocycles. The summed E-state index contributed by atoms with van der Waals surface area (Å²) in [7, 11) is 0. The average Bonchev–Trinajstić information content (AvgIpc) is 2.20. The molecule has 0 aliphatic rings. The summed E-state index contributed by atoms with van der Waals surface area (Å²) in [4.78, 5) is 32.5. The second-order valence-corrected chi connectivity index (χ2v) is 5.32. The number of rotatable bonds is 8. The summed E-state index contributed by atoms with van der Waals surface area (Å²) in [5, 5.41) is 19.8. The number of carboxylic acids is 2. The normalized spacial score (nSPS) is 12.2. The van der Waals surface area contributed by atoms with Gasteiger partial charge in [-0.05, 0) is 11.7 Å². The lowest BCUT2D eigenvalue weighted by Gasteiger charge is -2.13. The summed E-state index contributed by atoms with van der Waals surface area (Å²) in [6, 6.07) is -1.13. The molecule has 1 atom stereocenters. The fourth-order valence-corrected chi connectivity index (χ4v) is 1.57. The van der Waals surface area contributed by atoms with Crippen LogP contribution in [-0.4, -0.2) is 45.1 Å². The van der Waals surface area contributed by atoms with Gasteiger partial charge in [-0.1, -0.05) is 13.8 Å². The molecule has 17 heavy (non-hydrogen) atoms. The van der Waals surface area contributed by atoms with E-state index in [9.17, 15) is 14.4 Å². The molecule has 98 valence electrons. The zero-order valence-corrected chi connectivity index (χ0v) is 10.6. The predicted octanol–water partition coefficient (Wildman–Crippen LogP) is 0.562. The number of carboxylic acid groups (broad SMARTS) is 2. The highest BCUT2D eigenvalue weighted by molar-refractivity contribution is 8.00. The van der Waals surface area contributed by atoms with Crippen molar-refractivity contribution in [1.82, 2.24) is 5.32 Å². The van der Waals surface area contributed by atoms with Crippen LogP contribution < -0.4 is 5.32 Å². The van der Waals surface area contributed by atoms with Crippen LogP contribution in [-0.2, 0) is 14.4 Å². The van der Waals surface area contributed by atoms with Gasteiger partial charge in [0.15, 0.2) is 0 Å². The molecular formula is C10H17NO5S. The Morgan fingerprint density at radius 2 is 1.82 bits per heavy atom. The zero-order valence-electron chi connectivity index (χ0n) is 9.80. The Morgan fingerprint density at radius 3 is 2.24 bits per heavy atom. The van der Waals surface area contributed by atoms with Gasteiger partial charge >= 0.3 is 11.9 Å². The first kappa shape index (κ1) is 15.8. The van der Waals surface area contributed by atoms with Crippen molar-refractivity contribution in [1.29, 1.82) is 0 Å². The first-order valence-corrected chi connectivity index (χ1v) is 6.23. The molecule has 0 heterocycles. The highest BCUT2D eigenvalue weighted by atomic mass is 32.2. The molecule has 3 N–H and O–H groups in total. The fraction of sp³-hybridized carbons (Fsp3) is 0.700. The molecular weight excluding hydrogens is 246 g/mol. The Morgan fingerprint density at radius 1 is 1.24 bits per heavy atom. The van der Waals surface area contributed by atoms with Crippen LogP contribution in [0.1, 0.15) is 26.7 Å². The third-order valence-corrected chi connectivity index (χ3v) is 2.92. The number of carbonyl (C=O) groups excluding carboxylic acids is 1. The van der Waals surface area contributed by atoms with E-state index in [2.05, 4.69) is 5.32 Å². The lowest BCUT2D eigenvalue weighted by atomic mass is 10.1. The van der Waals surface area contributed by atoms with E-state index in [1.807, 2.05) is 13.8 Å². The lowest BCUT2D eigenvalue weighted by Crippen LogP contribution is -2.42. The van der Waals surface area contributed by atoms with Crippen molar-refractivity contribution < 1.29 is 24.6 Å². The van der Waals surface area contributed by atoms with Gasteiger partial charge in [0, 0.05) is 6.42 Å². The highest BCUT2D eigenvalue weighted by Gasteiger charge is 2.20. The summed E-state index contributed by atoms with van der Waals surface area (Å²) in [5.74, 6) is -2.51. The Balaban J connectivity index is 4.11. The molecule has 0 aromatic rings. The van der Waals surface area contributed by atoms with Gasteiger partial charge in [0.25, 0.3) is 0 Å². The van der Waals surface area contributed by atoms with Gasteiger partial charge in [0.2, 0.25) is 5.91 Å². The van der Waals surface area contributed by atoms with E-state index in [1.165, 1.54) is 11.8 Å². The molecule has 1 amide bonds. The van der Waals surface area contributed by atoms with Crippen LogP contribution >= 0.6 is 11.8 Å². The average molecular weight is 263 g/mol. The van der Waals surface area contributed by atoms with E-state index in [-0.39, 0.29) is 29.8 Å². The van der Waals surface area contributed by atoms with Crippen molar-refractivity contribution in [2.45, 2.75) is 38.0 Å². The third kappa shape index (κ3) is 8.56. The maximum absolute atomic E-state index is 11.4. The molecule has 0 spiro atoms. The number of amides is 1. The van der Waals surface area contributed by atoms with Gasteiger partial charge in [-0.15, -0.1) is 11.8 Å².